The van der Waals surface area contributed by atoms with Gasteiger partial charge in [-0.1, -0.05) is 78.9 Å². The minimum absolute atomic E-state index is 0.888. The van der Waals surface area contributed by atoms with Gasteiger partial charge in [-0.25, -0.2) is 0 Å². The molecular formula is C36H20BrNOS. The number of furan rings is 1. The number of hydrogen-bond acceptors (Lipinski definition) is 2. The van der Waals surface area contributed by atoms with Crippen molar-refractivity contribution in [3.05, 3.63) is 126 Å². The average Bonchev–Trinajstić information content (AvgIpc) is 3.67. The molecule has 0 aliphatic heterocycles. The van der Waals surface area contributed by atoms with E-state index in [1.54, 1.807) is 0 Å². The molecule has 0 saturated carbocycles. The van der Waals surface area contributed by atoms with Crippen LogP contribution in [-0.2, 0) is 0 Å². The molecule has 0 N–H and O–H groups in total. The minimum Gasteiger partial charge on any atom is -0.454 e. The van der Waals surface area contributed by atoms with E-state index >= 15 is 0 Å². The topological polar surface area (TPSA) is 18.1 Å². The molecule has 0 amide bonds. The Kier molecular flexibility index (Phi) is 4.66. The summed E-state index contributed by atoms with van der Waals surface area (Å²) in [7, 11) is 0. The van der Waals surface area contributed by atoms with Gasteiger partial charge in [0.05, 0.1) is 15.5 Å². The Balaban J connectivity index is 1.41. The van der Waals surface area contributed by atoms with Crippen LogP contribution in [0.5, 0.6) is 0 Å². The number of thiophene rings is 1. The van der Waals surface area contributed by atoms with Crippen LogP contribution in [0.25, 0.3) is 80.7 Å². The Morgan fingerprint density at radius 3 is 2.23 bits per heavy atom. The first-order valence-electron chi connectivity index (χ1n) is 13.3. The van der Waals surface area contributed by atoms with Crippen molar-refractivity contribution in [3.8, 4) is 16.8 Å². The van der Waals surface area contributed by atoms with Crippen molar-refractivity contribution in [2.75, 3.05) is 0 Å². The van der Waals surface area contributed by atoms with Crippen LogP contribution in [0, 0.1) is 0 Å². The molecule has 0 fully saturated rings. The van der Waals surface area contributed by atoms with Gasteiger partial charge in [-0.2, -0.15) is 0 Å². The van der Waals surface area contributed by atoms with Gasteiger partial charge in [-0.3, -0.25) is 0 Å². The van der Waals surface area contributed by atoms with Gasteiger partial charge in [0.1, 0.15) is 11.2 Å². The Bertz CT molecular complexity index is 2450. The molecular weight excluding hydrogens is 574 g/mol. The second-order valence-electron chi connectivity index (χ2n) is 10.2. The standard InChI is InChI=1S/C36H20BrNOS/c37-29-14-7-13-26-25-12-6-11-23(34(25)39-35(26)29)21-16-18-30-28(20-21)33-31(38(30)22-8-2-1-3-9-22)19-17-27-24-10-4-5-15-32(24)40-36(27)33/h1-20H. The summed E-state index contributed by atoms with van der Waals surface area (Å²) in [6.45, 7) is 0. The van der Waals surface area contributed by atoms with Crippen LogP contribution in [0.4, 0.5) is 0 Å². The van der Waals surface area contributed by atoms with E-state index in [9.17, 15) is 0 Å². The third kappa shape index (κ3) is 3.03. The van der Waals surface area contributed by atoms with E-state index < -0.39 is 0 Å². The average molecular weight is 595 g/mol. The fourth-order valence-electron chi connectivity index (χ4n) is 6.32. The van der Waals surface area contributed by atoms with Crippen LogP contribution in [0.1, 0.15) is 0 Å². The number of benzene rings is 6. The van der Waals surface area contributed by atoms with Gasteiger partial charge in [0.15, 0.2) is 0 Å². The molecule has 3 aromatic heterocycles. The molecule has 2 nitrogen and oxygen atoms in total. The van der Waals surface area contributed by atoms with Crippen LogP contribution in [-0.4, -0.2) is 4.57 Å². The van der Waals surface area contributed by atoms with Gasteiger partial charge >= 0.3 is 0 Å². The molecule has 0 aliphatic rings. The molecule has 40 heavy (non-hydrogen) atoms. The van der Waals surface area contributed by atoms with Crippen molar-refractivity contribution in [2.24, 2.45) is 0 Å². The highest BCUT2D eigenvalue weighted by molar-refractivity contribution is 9.10. The zero-order chi connectivity index (χ0) is 26.4. The lowest BCUT2D eigenvalue weighted by Crippen LogP contribution is -1.92. The summed E-state index contributed by atoms with van der Waals surface area (Å²) in [4.78, 5) is 0. The summed E-state index contributed by atoms with van der Waals surface area (Å²) >= 11 is 5.57. The Labute approximate surface area is 241 Å². The number of rotatable bonds is 2. The molecule has 0 saturated heterocycles. The van der Waals surface area contributed by atoms with Crippen molar-refractivity contribution in [1.29, 1.82) is 0 Å². The molecule has 0 unspecified atom stereocenters. The Hall–Kier alpha value is -4.38. The first kappa shape index (κ1) is 22.4. The smallest absolute Gasteiger partial charge is 0.149 e. The molecule has 0 atom stereocenters. The summed E-state index contributed by atoms with van der Waals surface area (Å²) in [6.07, 6.45) is 0. The molecule has 0 radical (unpaired) electrons. The summed E-state index contributed by atoms with van der Waals surface area (Å²) in [6, 6.07) is 43.5. The van der Waals surface area contributed by atoms with Crippen LogP contribution in [0.3, 0.4) is 0 Å². The van der Waals surface area contributed by atoms with Gasteiger partial charge in [0, 0.05) is 53.0 Å². The fourth-order valence-corrected chi connectivity index (χ4v) is 8.03. The van der Waals surface area contributed by atoms with E-state index in [1.165, 1.54) is 47.7 Å². The molecule has 188 valence electrons. The molecule has 3 heterocycles. The van der Waals surface area contributed by atoms with Crippen molar-refractivity contribution in [3.63, 3.8) is 0 Å². The van der Waals surface area contributed by atoms with Crippen molar-refractivity contribution in [2.45, 2.75) is 0 Å². The van der Waals surface area contributed by atoms with Crippen LogP contribution < -0.4 is 0 Å². The normalized spacial score (nSPS) is 12.1. The number of nitrogens with zero attached hydrogens (tertiary/aromatic N) is 1. The zero-order valence-electron chi connectivity index (χ0n) is 21.2. The van der Waals surface area contributed by atoms with Crippen molar-refractivity contribution in [1.82, 2.24) is 4.57 Å². The molecule has 0 aliphatic carbocycles. The number of fused-ring (bicyclic) bond motifs is 10. The Morgan fingerprint density at radius 2 is 1.32 bits per heavy atom. The highest BCUT2D eigenvalue weighted by Gasteiger charge is 2.19. The SMILES string of the molecule is Brc1cccc2c1oc1c(-c3ccc4c(c3)c3c5sc6ccccc6c5ccc3n4-c3ccccc3)cccc12. The molecule has 0 spiro atoms. The predicted octanol–water partition coefficient (Wildman–Crippen LogP) is 11.5. The second-order valence-corrected chi connectivity index (χ2v) is 12.1. The first-order chi connectivity index (χ1) is 19.8. The summed E-state index contributed by atoms with van der Waals surface area (Å²) in [5, 5.41) is 7.45. The van der Waals surface area contributed by atoms with E-state index in [0.717, 1.165) is 37.5 Å². The largest absolute Gasteiger partial charge is 0.454 e. The van der Waals surface area contributed by atoms with Crippen molar-refractivity contribution < 1.29 is 4.42 Å². The fraction of sp³-hybridized carbons (Fsp3) is 0. The monoisotopic (exact) mass is 593 g/mol. The van der Waals surface area contributed by atoms with Gasteiger partial charge in [0.25, 0.3) is 0 Å². The van der Waals surface area contributed by atoms with Gasteiger partial charge in [-0.15, -0.1) is 11.3 Å². The molecule has 9 rings (SSSR count). The van der Waals surface area contributed by atoms with E-state index in [2.05, 4.69) is 136 Å². The van der Waals surface area contributed by atoms with E-state index in [-0.39, 0.29) is 0 Å². The minimum atomic E-state index is 0.888. The third-order valence-electron chi connectivity index (χ3n) is 8.07. The number of para-hydroxylation sites is 3. The summed E-state index contributed by atoms with van der Waals surface area (Å²) in [5.74, 6) is 0. The lowest BCUT2D eigenvalue weighted by atomic mass is 10.00. The Morgan fingerprint density at radius 1 is 0.575 bits per heavy atom. The van der Waals surface area contributed by atoms with Gasteiger partial charge in [-0.05, 0) is 64.0 Å². The lowest BCUT2D eigenvalue weighted by Gasteiger charge is -2.08. The van der Waals surface area contributed by atoms with Crippen LogP contribution >= 0.6 is 27.3 Å². The number of halogens is 1. The molecule has 0 bridgehead atoms. The van der Waals surface area contributed by atoms with E-state index in [4.69, 9.17) is 4.42 Å². The maximum Gasteiger partial charge on any atom is 0.149 e. The zero-order valence-corrected chi connectivity index (χ0v) is 23.6. The van der Waals surface area contributed by atoms with E-state index in [0.29, 0.717) is 0 Å². The number of hydrogen-bond donors (Lipinski definition) is 0. The predicted molar refractivity (Wildman–Crippen MR) is 174 cm³/mol. The van der Waals surface area contributed by atoms with Crippen molar-refractivity contribution >= 4 is 91.2 Å². The van der Waals surface area contributed by atoms with Crippen LogP contribution in [0.15, 0.2) is 130 Å². The highest BCUT2D eigenvalue weighted by atomic mass is 79.9. The van der Waals surface area contributed by atoms with Gasteiger partial charge in [0.2, 0.25) is 0 Å². The van der Waals surface area contributed by atoms with Crippen LogP contribution in [0.2, 0.25) is 0 Å². The number of aromatic nitrogens is 1. The maximum atomic E-state index is 6.50. The first-order valence-corrected chi connectivity index (χ1v) is 14.9. The second kappa shape index (κ2) is 8.31. The third-order valence-corrected chi connectivity index (χ3v) is 9.90. The molecule has 4 heteroatoms. The maximum absolute atomic E-state index is 6.50. The highest BCUT2D eigenvalue weighted by Crippen LogP contribution is 2.45. The summed E-state index contributed by atoms with van der Waals surface area (Å²) < 4.78 is 12.5. The summed E-state index contributed by atoms with van der Waals surface area (Å²) in [5.41, 5.74) is 7.66. The van der Waals surface area contributed by atoms with Gasteiger partial charge < -0.3 is 8.98 Å². The molecule has 9 aromatic rings. The van der Waals surface area contributed by atoms with E-state index in [1.807, 2.05) is 17.4 Å². The quantitative estimate of drug-likeness (QED) is 0.195. The molecule has 6 aromatic carbocycles. The lowest BCUT2D eigenvalue weighted by molar-refractivity contribution is 0.668.